The highest BCUT2D eigenvalue weighted by molar-refractivity contribution is 14.0. The maximum absolute atomic E-state index is 11.8. The Labute approximate surface area is 236 Å². The van der Waals surface area contributed by atoms with E-state index in [0.717, 1.165) is 16.8 Å². The van der Waals surface area contributed by atoms with Gasteiger partial charge in [-0.3, -0.25) is 19.4 Å². The third-order valence-corrected chi connectivity index (χ3v) is 5.33. The number of methoxy groups -OCH3 is 2. The topological polar surface area (TPSA) is 111 Å². The first kappa shape index (κ1) is 33.9. The number of hydrogen-bond acceptors (Lipinski definition) is 7. The molecule has 2 aromatic rings. The predicted molar refractivity (Wildman–Crippen MR) is 154 cm³/mol. The molecule has 0 aliphatic heterocycles. The maximum Gasteiger partial charge on any atom is 0.336 e. The van der Waals surface area contributed by atoms with E-state index in [2.05, 4.69) is 19.8 Å². The Morgan fingerprint density at radius 2 is 1.32 bits per heavy atom. The molecule has 0 aliphatic rings. The highest BCUT2D eigenvalue weighted by Gasteiger charge is 2.31. The molecule has 0 aliphatic carbocycles. The monoisotopic (exact) mass is 624 g/mol. The smallest absolute Gasteiger partial charge is 0.336 e. The summed E-state index contributed by atoms with van der Waals surface area (Å²) < 4.78 is 9.15. The number of esters is 2. The fourth-order valence-electron chi connectivity index (χ4n) is 2.92. The van der Waals surface area contributed by atoms with Gasteiger partial charge in [0.1, 0.15) is 6.54 Å². The minimum atomic E-state index is -1.19. The van der Waals surface area contributed by atoms with Crippen LogP contribution in [-0.2, 0) is 28.7 Å². The van der Waals surface area contributed by atoms with Crippen molar-refractivity contribution in [1.82, 2.24) is 5.32 Å². The van der Waals surface area contributed by atoms with Crippen molar-refractivity contribution in [2.45, 2.75) is 40.2 Å². The molecular formula is C28H37IN2O6. The van der Waals surface area contributed by atoms with E-state index >= 15 is 0 Å². The van der Waals surface area contributed by atoms with Crippen LogP contribution in [0.15, 0.2) is 65.7 Å². The van der Waals surface area contributed by atoms with E-state index in [9.17, 15) is 19.2 Å². The Kier molecular flexibility index (Phi) is 16.7. The van der Waals surface area contributed by atoms with Crippen LogP contribution < -0.4 is 5.32 Å². The summed E-state index contributed by atoms with van der Waals surface area (Å²) in [6.45, 7) is 6.97. The van der Waals surface area contributed by atoms with Gasteiger partial charge in [0.15, 0.2) is 11.8 Å². The van der Waals surface area contributed by atoms with E-state index in [1.165, 1.54) is 14.2 Å². The number of nitrogens with one attached hydrogen (secondary N) is 1. The van der Waals surface area contributed by atoms with E-state index in [1.807, 2.05) is 67.6 Å². The van der Waals surface area contributed by atoms with Crippen molar-refractivity contribution >= 4 is 53.3 Å². The molecule has 0 heterocycles. The third kappa shape index (κ3) is 11.7. The van der Waals surface area contributed by atoms with Crippen molar-refractivity contribution in [1.29, 1.82) is 0 Å². The van der Waals surface area contributed by atoms with Gasteiger partial charge < -0.3 is 14.8 Å². The minimum absolute atomic E-state index is 0. The number of rotatable bonds is 10. The number of ether oxygens (including phenoxy) is 2. The van der Waals surface area contributed by atoms with Gasteiger partial charge in [-0.25, -0.2) is 4.79 Å². The lowest BCUT2D eigenvalue weighted by Gasteiger charge is -2.19. The Balaban J connectivity index is 0.000000688. The molecule has 202 valence electrons. The molecule has 0 fully saturated rings. The first-order chi connectivity index (χ1) is 17.2. The van der Waals surface area contributed by atoms with Gasteiger partial charge in [0.25, 0.3) is 0 Å². The van der Waals surface area contributed by atoms with Gasteiger partial charge in [-0.1, -0.05) is 88.4 Å². The molecule has 0 radical (unpaired) electrons. The number of carbonyl (C=O) groups excluding carboxylic acids is 4. The van der Waals surface area contributed by atoms with Crippen LogP contribution in [0.1, 0.15) is 45.2 Å². The van der Waals surface area contributed by atoms with Crippen LogP contribution in [0.25, 0.3) is 0 Å². The molecule has 2 rings (SSSR count). The highest BCUT2D eigenvalue weighted by Crippen LogP contribution is 2.11. The molecule has 2 aromatic carbocycles. The zero-order chi connectivity index (χ0) is 27.1. The lowest BCUT2D eigenvalue weighted by atomic mass is 10.0. The van der Waals surface area contributed by atoms with Gasteiger partial charge >= 0.3 is 11.9 Å². The number of halogens is 1. The second-order valence-electron chi connectivity index (χ2n) is 8.30. The summed E-state index contributed by atoms with van der Waals surface area (Å²) in [7, 11) is 2.56. The molecule has 0 aromatic heterocycles. The Bertz CT molecular complexity index is 984. The average Bonchev–Trinajstić information content (AvgIpc) is 2.91. The molecule has 0 bridgehead atoms. The predicted octanol–water partition coefficient (Wildman–Crippen LogP) is 4.23. The molecule has 0 spiro atoms. The fraction of sp³-hybridized carbons (Fsp3) is 0.393. The molecule has 37 heavy (non-hydrogen) atoms. The Morgan fingerprint density at radius 3 is 1.70 bits per heavy atom. The van der Waals surface area contributed by atoms with Gasteiger partial charge in [-0.2, -0.15) is 0 Å². The minimum Gasteiger partial charge on any atom is -0.468 e. The lowest BCUT2D eigenvalue weighted by molar-refractivity contribution is -0.149. The summed E-state index contributed by atoms with van der Waals surface area (Å²) >= 11 is 0. The van der Waals surface area contributed by atoms with Crippen LogP contribution in [0.2, 0.25) is 0 Å². The zero-order valence-corrected chi connectivity index (χ0v) is 24.6. The summed E-state index contributed by atoms with van der Waals surface area (Å²) in [6, 6.07) is 18.4. The number of hydrogen-bond donors (Lipinski definition) is 1. The third-order valence-electron chi connectivity index (χ3n) is 5.33. The summed E-state index contributed by atoms with van der Waals surface area (Å²) in [5, 5.41) is 2.44. The number of Topliss-reactive ketones (excluding diaryl/α,β-unsaturated/α-hetero) is 1. The number of aliphatic imine (C=N–C) groups is 1. The van der Waals surface area contributed by atoms with E-state index in [4.69, 9.17) is 0 Å². The van der Waals surface area contributed by atoms with Crippen molar-refractivity contribution in [3.05, 3.63) is 71.8 Å². The first-order valence-corrected chi connectivity index (χ1v) is 11.8. The summed E-state index contributed by atoms with van der Waals surface area (Å²) in [5.74, 6) is -2.28. The molecular weight excluding hydrogens is 587 g/mol. The van der Waals surface area contributed by atoms with E-state index < -0.39 is 12.0 Å². The van der Waals surface area contributed by atoms with Crippen molar-refractivity contribution in [2.75, 3.05) is 20.8 Å². The quantitative estimate of drug-likeness (QED) is 0.183. The number of nitrogens with zero attached hydrogens (tertiary/aromatic N) is 1. The number of carbonyl (C=O) groups is 4. The number of benzene rings is 2. The second-order valence-corrected chi connectivity index (χ2v) is 8.30. The molecule has 0 saturated carbocycles. The molecule has 0 saturated heterocycles. The van der Waals surface area contributed by atoms with Gasteiger partial charge in [0.2, 0.25) is 5.91 Å². The number of ketones is 1. The van der Waals surface area contributed by atoms with Gasteiger partial charge in [-0.15, -0.1) is 24.0 Å². The molecule has 2 atom stereocenters. The summed E-state index contributed by atoms with van der Waals surface area (Å²) in [6.07, 6.45) is 0.648. The van der Waals surface area contributed by atoms with Gasteiger partial charge in [0.05, 0.1) is 19.9 Å². The van der Waals surface area contributed by atoms with Crippen LogP contribution >= 0.6 is 24.0 Å². The van der Waals surface area contributed by atoms with Crippen molar-refractivity contribution in [3.63, 3.8) is 0 Å². The average molecular weight is 625 g/mol. The van der Waals surface area contributed by atoms with Crippen molar-refractivity contribution in [3.8, 4) is 0 Å². The van der Waals surface area contributed by atoms with E-state index in [1.54, 1.807) is 20.8 Å². The van der Waals surface area contributed by atoms with Gasteiger partial charge in [0, 0.05) is 23.0 Å². The standard InChI is InChI=1S/C16H15NO2.C12H21NO4.HI/c1-19-15(18)12-17-16(13-8-4-2-5-9-13)14-10-6-3-7-11-14;1-6-8(4)11(15)13-9(12(16)17-5)10(14)7(2)3;/h2-11H,12H2,1H3;7-9H,6H2,1-5H3,(H,13,15);1H/t;8-,9?;/m.0./s1. The van der Waals surface area contributed by atoms with Crippen LogP contribution in [0.5, 0.6) is 0 Å². The number of amides is 1. The SMILES string of the molecule is CC[C@H](C)C(=O)NC(C(=O)OC)C(=O)C(C)C.COC(=O)CN=C(c1ccccc1)c1ccccc1.I. The van der Waals surface area contributed by atoms with Crippen molar-refractivity contribution < 1.29 is 28.7 Å². The Morgan fingerprint density at radius 1 is 0.838 bits per heavy atom. The zero-order valence-electron chi connectivity index (χ0n) is 22.2. The first-order valence-electron chi connectivity index (χ1n) is 11.8. The van der Waals surface area contributed by atoms with E-state index in [0.29, 0.717) is 6.42 Å². The second kappa shape index (κ2) is 18.2. The van der Waals surface area contributed by atoms with Crippen LogP contribution in [-0.4, -0.2) is 56.1 Å². The molecule has 1 amide bonds. The van der Waals surface area contributed by atoms with Crippen LogP contribution in [0.4, 0.5) is 0 Å². The fourth-order valence-corrected chi connectivity index (χ4v) is 2.92. The molecule has 9 heteroatoms. The highest BCUT2D eigenvalue weighted by atomic mass is 127. The lowest BCUT2D eigenvalue weighted by Crippen LogP contribution is -2.50. The summed E-state index contributed by atoms with van der Waals surface area (Å²) in [5.41, 5.74) is 2.77. The van der Waals surface area contributed by atoms with Crippen LogP contribution in [0, 0.1) is 11.8 Å². The Hall–Kier alpha value is -3.08. The van der Waals surface area contributed by atoms with Crippen LogP contribution in [0.3, 0.4) is 0 Å². The van der Waals surface area contributed by atoms with Crippen molar-refractivity contribution in [2.24, 2.45) is 16.8 Å². The van der Waals surface area contributed by atoms with E-state index in [-0.39, 0.29) is 60.0 Å². The van der Waals surface area contributed by atoms with Gasteiger partial charge in [-0.05, 0) is 6.42 Å². The molecule has 1 N–H and O–H groups in total. The summed E-state index contributed by atoms with van der Waals surface area (Å²) in [4.78, 5) is 50.5. The molecule has 8 nitrogen and oxygen atoms in total. The largest absolute Gasteiger partial charge is 0.468 e. The normalized spacial score (nSPS) is 11.4. The molecule has 1 unspecified atom stereocenters. The maximum atomic E-state index is 11.8.